The van der Waals surface area contributed by atoms with Crippen molar-refractivity contribution in [1.29, 1.82) is 0 Å². The van der Waals surface area contributed by atoms with Crippen molar-refractivity contribution in [1.82, 2.24) is 15.5 Å². The van der Waals surface area contributed by atoms with Gasteiger partial charge in [0.1, 0.15) is 0 Å². The van der Waals surface area contributed by atoms with Crippen LogP contribution >= 0.6 is 0 Å². The fourth-order valence-electron chi connectivity index (χ4n) is 1.19. The molecule has 15 heavy (non-hydrogen) atoms. The van der Waals surface area contributed by atoms with E-state index in [0.29, 0.717) is 12.3 Å². The zero-order valence-electron chi connectivity index (χ0n) is 9.62. The van der Waals surface area contributed by atoms with Gasteiger partial charge in [-0.25, -0.2) is 0 Å². The third-order valence-electron chi connectivity index (χ3n) is 2.15. The molecule has 0 amide bonds. The standard InChI is InChI=1S/C10H19N3O2/c1-4-11-6-5-10-12-9(13-15-10)7-8(2)14-3/h8,11H,4-7H2,1-3H3. The first-order valence-electron chi connectivity index (χ1n) is 5.31. The van der Waals surface area contributed by atoms with Crippen molar-refractivity contribution in [3.63, 3.8) is 0 Å². The zero-order chi connectivity index (χ0) is 11.1. The Hall–Kier alpha value is -0.940. The van der Waals surface area contributed by atoms with Crippen LogP contribution < -0.4 is 5.32 Å². The quantitative estimate of drug-likeness (QED) is 0.679. The summed E-state index contributed by atoms with van der Waals surface area (Å²) in [5.41, 5.74) is 0. The Kier molecular flexibility index (Phi) is 5.28. The Morgan fingerprint density at radius 3 is 3.00 bits per heavy atom. The molecule has 1 N–H and O–H groups in total. The van der Waals surface area contributed by atoms with Crippen LogP contribution in [0.15, 0.2) is 4.52 Å². The van der Waals surface area contributed by atoms with Crippen LogP contribution in [-0.4, -0.2) is 36.4 Å². The molecular weight excluding hydrogens is 194 g/mol. The van der Waals surface area contributed by atoms with Gasteiger partial charge < -0.3 is 14.6 Å². The van der Waals surface area contributed by atoms with E-state index < -0.39 is 0 Å². The average molecular weight is 213 g/mol. The first-order valence-corrected chi connectivity index (χ1v) is 5.31. The molecule has 0 saturated carbocycles. The second-order valence-corrected chi connectivity index (χ2v) is 3.46. The van der Waals surface area contributed by atoms with E-state index in [1.54, 1.807) is 7.11 Å². The topological polar surface area (TPSA) is 60.2 Å². The summed E-state index contributed by atoms with van der Waals surface area (Å²) in [6.07, 6.45) is 1.60. The number of hydrogen-bond donors (Lipinski definition) is 1. The average Bonchev–Trinajstić information content (AvgIpc) is 2.66. The van der Waals surface area contributed by atoms with Gasteiger partial charge in [0.2, 0.25) is 5.89 Å². The molecule has 0 aliphatic heterocycles. The summed E-state index contributed by atoms with van der Waals surface area (Å²) in [6, 6.07) is 0. The third-order valence-corrected chi connectivity index (χ3v) is 2.15. The first kappa shape index (κ1) is 12.1. The van der Waals surface area contributed by atoms with Crippen molar-refractivity contribution in [2.24, 2.45) is 0 Å². The molecule has 0 aliphatic rings. The molecule has 0 aliphatic carbocycles. The lowest BCUT2D eigenvalue weighted by Gasteiger charge is -2.03. The van der Waals surface area contributed by atoms with Gasteiger partial charge in [-0.3, -0.25) is 0 Å². The summed E-state index contributed by atoms with van der Waals surface area (Å²) in [4.78, 5) is 4.27. The summed E-state index contributed by atoms with van der Waals surface area (Å²) in [7, 11) is 1.68. The van der Waals surface area contributed by atoms with E-state index in [9.17, 15) is 0 Å². The van der Waals surface area contributed by atoms with Crippen LogP contribution in [0, 0.1) is 0 Å². The van der Waals surface area contributed by atoms with E-state index in [1.165, 1.54) is 0 Å². The Morgan fingerprint density at radius 2 is 2.33 bits per heavy atom. The van der Waals surface area contributed by atoms with Gasteiger partial charge in [-0.15, -0.1) is 0 Å². The Morgan fingerprint density at radius 1 is 1.53 bits per heavy atom. The van der Waals surface area contributed by atoms with Crippen molar-refractivity contribution in [2.75, 3.05) is 20.2 Å². The highest BCUT2D eigenvalue weighted by Crippen LogP contribution is 2.02. The van der Waals surface area contributed by atoms with Crippen LogP contribution in [0.1, 0.15) is 25.6 Å². The third kappa shape index (κ3) is 4.40. The van der Waals surface area contributed by atoms with Crippen molar-refractivity contribution in [2.45, 2.75) is 32.8 Å². The maximum absolute atomic E-state index is 5.13. The van der Waals surface area contributed by atoms with E-state index in [0.717, 1.165) is 25.3 Å². The van der Waals surface area contributed by atoms with Gasteiger partial charge in [-0.2, -0.15) is 4.98 Å². The van der Waals surface area contributed by atoms with Gasteiger partial charge in [0.15, 0.2) is 5.82 Å². The molecule has 5 nitrogen and oxygen atoms in total. The fourth-order valence-corrected chi connectivity index (χ4v) is 1.19. The minimum absolute atomic E-state index is 0.129. The molecular formula is C10H19N3O2. The lowest BCUT2D eigenvalue weighted by molar-refractivity contribution is 0.116. The van der Waals surface area contributed by atoms with Crippen molar-refractivity contribution < 1.29 is 9.26 Å². The Bertz CT molecular complexity index is 275. The molecule has 86 valence electrons. The normalized spacial score (nSPS) is 13.0. The lowest BCUT2D eigenvalue weighted by atomic mass is 10.3. The van der Waals surface area contributed by atoms with Gasteiger partial charge in [0.25, 0.3) is 0 Å². The maximum atomic E-state index is 5.13. The summed E-state index contributed by atoms with van der Waals surface area (Å²) >= 11 is 0. The summed E-state index contributed by atoms with van der Waals surface area (Å²) in [5.74, 6) is 1.41. The summed E-state index contributed by atoms with van der Waals surface area (Å²) in [5, 5.41) is 7.09. The largest absolute Gasteiger partial charge is 0.381 e. The van der Waals surface area contributed by atoms with Crippen LogP contribution in [0.2, 0.25) is 0 Å². The molecule has 0 bridgehead atoms. The van der Waals surface area contributed by atoms with Crippen molar-refractivity contribution in [3.8, 4) is 0 Å². The predicted octanol–water partition coefficient (Wildman–Crippen LogP) is 0.799. The molecule has 1 aromatic heterocycles. The summed E-state index contributed by atoms with van der Waals surface area (Å²) < 4.78 is 10.2. The minimum atomic E-state index is 0.129. The van der Waals surface area contributed by atoms with Crippen molar-refractivity contribution >= 4 is 0 Å². The number of methoxy groups -OCH3 is 1. The fraction of sp³-hybridized carbons (Fsp3) is 0.800. The Labute approximate surface area is 90.2 Å². The molecule has 0 spiro atoms. The SMILES string of the molecule is CCNCCc1nc(CC(C)OC)no1. The minimum Gasteiger partial charge on any atom is -0.381 e. The van der Waals surface area contributed by atoms with Crippen molar-refractivity contribution in [3.05, 3.63) is 11.7 Å². The zero-order valence-corrected chi connectivity index (χ0v) is 9.62. The predicted molar refractivity (Wildman–Crippen MR) is 56.7 cm³/mol. The first-order chi connectivity index (χ1) is 7.26. The molecule has 1 aromatic rings. The maximum Gasteiger partial charge on any atom is 0.227 e. The Balaban J connectivity index is 2.35. The van der Waals surface area contributed by atoms with Crippen LogP contribution in [0.3, 0.4) is 0 Å². The van der Waals surface area contributed by atoms with E-state index in [2.05, 4.69) is 22.4 Å². The molecule has 1 atom stereocenters. The van der Waals surface area contributed by atoms with Crippen LogP contribution in [-0.2, 0) is 17.6 Å². The van der Waals surface area contributed by atoms with Crippen LogP contribution in [0.25, 0.3) is 0 Å². The van der Waals surface area contributed by atoms with Gasteiger partial charge in [0, 0.05) is 26.5 Å². The number of ether oxygens (including phenoxy) is 1. The van der Waals surface area contributed by atoms with Crippen LogP contribution in [0.5, 0.6) is 0 Å². The molecule has 0 radical (unpaired) electrons. The van der Waals surface area contributed by atoms with Gasteiger partial charge in [-0.05, 0) is 13.5 Å². The van der Waals surface area contributed by atoms with Gasteiger partial charge >= 0.3 is 0 Å². The number of likely N-dealkylation sites (N-methyl/N-ethyl adjacent to an activating group) is 1. The number of rotatable bonds is 7. The second-order valence-electron chi connectivity index (χ2n) is 3.46. The number of nitrogens with one attached hydrogen (secondary N) is 1. The molecule has 0 aromatic carbocycles. The van der Waals surface area contributed by atoms with E-state index in [1.807, 2.05) is 6.92 Å². The van der Waals surface area contributed by atoms with E-state index in [4.69, 9.17) is 9.26 Å². The van der Waals surface area contributed by atoms with E-state index in [-0.39, 0.29) is 6.10 Å². The monoisotopic (exact) mass is 213 g/mol. The number of hydrogen-bond acceptors (Lipinski definition) is 5. The van der Waals surface area contributed by atoms with Crippen LogP contribution in [0.4, 0.5) is 0 Å². The molecule has 1 heterocycles. The van der Waals surface area contributed by atoms with Gasteiger partial charge in [-0.1, -0.05) is 12.1 Å². The molecule has 1 rings (SSSR count). The lowest BCUT2D eigenvalue weighted by Crippen LogP contribution is -2.16. The highest BCUT2D eigenvalue weighted by molar-refractivity contribution is 4.88. The number of nitrogens with zero attached hydrogens (tertiary/aromatic N) is 2. The summed E-state index contributed by atoms with van der Waals surface area (Å²) in [6.45, 7) is 5.88. The molecule has 0 saturated heterocycles. The molecule has 5 heteroatoms. The van der Waals surface area contributed by atoms with Gasteiger partial charge in [0.05, 0.1) is 6.10 Å². The highest BCUT2D eigenvalue weighted by Gasteiger charge is 2.09. The molecule has 0 fully saturated rings. The number of aromatic nitrogens is 2. The van der Waals surface area contributed by atoms with E-state index >= 15 is 0 Å². The highest BCUT2D eigenvalue weighted by atomic mass is 16.5. The second kappa shape index (κ2) is 6.53. The smallest absolute Gasteiger partial charge is 0.227 e. The molecule has 1 unspecified atom stereocenters.